The number of aliphatic hydroxyl groups excluding tert-OH is 1. The predicted octanol–water partition coefficient (Wildman–Crippen LogP) is 1.04. The summed E-state index contributed by atoms with van der Waals surface area (Å²) in [6.07, 6.45) is 7.00. The molecule has 0 saturated carbocycles. The van der Waals surface area contributed by atoms with E-state index >= 15 is 0 Å². The van der Waals surface area contributed by atoms with Gasteiger partial charge in [-0.2, -0.15) is 0 Å². The number of aliphatic hydroxyl groups is 1. The fourth-order valence-corrected chi connectivity index (χ4v) is 2.63. The average Bonchev–Trinajstić information content (AvgIpc) is 2.98. The molecule has 0 amide bonds. The van der Waals surface area contributed by atoms with Crippen LogP contribution in [0.2, 0.25) is 0 Å². The van der Waals surface area contributed by atoms with Gasteiger partial charge in [0.25, 0.3) is 0 Å². The van der Waals surface area contributed by atoms with E-state index in [0.29, 0.717) is 11.6 Å². The summed E-state index contributed by atoms with van der Waals surface area (Å²) in [5.74, 6) is 1.39. The van der Waals surface area contributed by atoms with Crippen LogP contribution in [0.25, 0.3) is 0 Å². The molecule has 2 aromatic rings. The molecule has 0 spiro atoms. The smallest absolute Gasteiger partial charge is 0.225 e. The van der Waals surface area contributed by atoms with E-state index in [2.05, 4.69) is 25.2 Å². The minimum atomic E-state index is -0.559. The molecule has 112 valence electrons. The van der Waals surface area contributed by atoms with Crippen LogP contribution in [0, 0.1) is 5.92 Å². The molecule has 21 heavy (non-hydrogen) atoms. The van der Waals surface area contributed by atoms with Gasteiger partial charge in [0.2, 0.25) is 5.95 Å². The molecule has 0 bridgehead atoms. The standard InChI is InChI=1S/C14H20N6O/c1-11(21)13-10-20(18-17-13)9-12-3-7-19(8-4-12)14-15-5-2-6-16-14/h2,5-6,10-12,21H,3-4,7-9H2,1H3. The maximum absolute atomic E-state index is 9.47. The predicted molar refractivity (Wildman–Crippen MR) is 77.6 cm³/mol. The minimum Gasteiger partial charge on any atom is -0.387 e. The molecule has 3 rings (SSSR count). The Bertz CT molecular complexity index is 562. The first kappa shape index (κ1) is 13.9. The second kappa shape index (κ2) is 6.17. The lowest BCUT2D eigenvalue weighted by atomic mass is 9.97. The second-order valence-corrected chi connectivity index (χ2v) is 5.52. The van der Waals surface area contributed by atoms with Crippen LogP contribution in [0.4, 0.5) is 5.95 Å². The van der Waals surface area contributed by atoms with Crippen molar-refractivity contribution in [1.82, 2.24) is 25.0 Å². The van der Waals surface area contributed by atoms with Crippen LogP contribution in [0.15, 0.2) is 24.7 Å². The SMILES string of the molecule is CC(O)c1cn(CC2CCN(c3ncccn3)CC2)nn1. The molecule has 0 radical (unpaired) electrons. The highest BCUT2D eigenvalue weighted by Gasteiger charge is 2.21. The van der Waals surface area contributed by atoms with Crippen LogP contribution in [-0.2, 0) is 6.54 Å². The quantitative estimate of drug-likeness (QED) is 0.905. The minimum absolute atomic E-state index is 0.559. The molecule has 7 heteroatoms. The third-order valence-electron chi connectivity index (χ3n) is 3.88. The molecule has 1 unspecified atom stereocenters. The number of hydrogen-bond acceptors (Lipinski definition) is 6. The summed E-state index contributed by atoms with van der Waals surface area (Å²) in [6, 6.07) is 1.83. The molecule has 1 N–H and O–H groups in total. The summed E-state index contributed by atoms with van der Waals surface area (Å²) in [4.78, 5) is 10.8. The van der Waals surface area contributed by atoms with Gasteiger partial charge in [-0.1, -0.05) is 5.21 Å². The third kappa shape index (κ3) is 3.36. The van der Waals surface area contributed by atoms with Gasteiger partial charge in [0.1, 0.15) is 5.69 Å². The van der Waals surface area contributed by atoms with Crippen LogP contribution in [0.3, 0.4) is 0 Å². The van der Waals surface area contributed by atoms with Gasteiger partial charge in [-0.3, -0.25) is 4.68 Å². The summed E-state index contributed by atoms with van der Waals surface area (Å²) < 4.78 is 1.83. The molecular formula is C14H20N6O. The highest BCUT2D eigenvalue weighted by molar-refractivity contribution is 5.28. The van der Waals surface area contributed by atoms with E-state index in [0.717, 1.165) is 38.4 Å². The summed E-state index contributed by atoms with van der Waals surface area (Å²) >= 11 is 0. The van der Waals surface area contributed by atoms with E-state index < -0.39 is 6.10 Å². The molecule has 1 atom stereocenters. The van der Waals surface area contributed by atoms with Crippen molar-refractivity contribution in [3.05, 3.63) is 30.4 Å². The van der Waals surface area contributed by atoms with Gasteiger partial charge in [-0.15, -0.1) is 5.10 Å². The van der Waals surface area contributed by atoms with Crippen molar-refractivity contribution < 1.29 is 5.11 Å². The Labute approximate surface area is 123 Å². The lowest BCUT2D eigenvalue weighted by Gasteiger charge is -2.31. The number of piperidine rings is 1. The molecule has 0 aliphatic carbocycles. The molecule has 1 saturated heterocycles. The number of anilines is 1. The van der Waals surface area contributed by atoms with Crippen molar-refractivity contribution in [3.8, 4) is 0 Å². The monoisotopic (exact) mass is 288 g/mol. The van der Waals surface area contributed by atoms with E-state index in [4.69, 9.17) is 0 Å². The van der Waals surface area contributed by atoms with Gasteiger partial charge in [0, 0.05) is 32.0 Å². The Kier molecular flexibility index (Phi) is 4.10. The van der Waals surface area contributed by atoms with E-state index in [1.807, 2.05) is 16.9 Å². The van der Waals surface area contributed by atoms with Crippen LogP contribution < -0.4 is 4.90 Å². The maximum Gasteiger partial charge on any atom is 0.225 e. The van der Waals surface area contributed by atoms with Crippen LogP contribution >= 0.6 is 0 Å². The van der Waals surface area contributed by atoms with Gasteiger partial charge >= 0.3 is 0 Å². The second-order valence-electron chi connectivity index (χ2n) is 5.52. The Hall–Kier alpha value is -2.02. The van der Waals surface area contributed by atoms with Crippen molar-refractivity contribution in [2.45, 2.75) is 32.4 Å². The van der Waals surface area contributed by atoms with Crippen molar-refractivity contribution in [2.24, 2.45) is 5.92 Å². The number of hydrogen-bond donors (Lipinski definition) is 1. The van der Waals surface area contributed by atoms with Gasteiger partial charge in [-0.05, 0) is 31.7 Å². The zero-order chi connectivity index (χ0) is 14.7. The first-order valence-corrected chi connectivity index (χ1v) is 7.32. The van der Waals surface area contributed by atoms with Crippen molar-refractivity contribution >= 4 is 5.95 Å². The summed E-state index contributed by atoms with van der Waals surface area (Å²) in [5, 5.41) is 17.5. The van der Waals surface area contributed by atoms with Gasteiger partial charge in [0.05, 0.1) is 12.3 Å². The maximum atomic E-state index is 9.47. The Balaban J connectivity index is 1.54. The molecule has 0 aromatic carbocycles. The average molecular weight is 288 g/mol. The van der Waals surface area contributed by atoms with Crippen LogP contribution in [0.1, 0.15) is 31.6 Å². The lowest BCUT2D eigenvalue weighted by molar-refractivity contribution is 0.194. The van der Waals surface area contributed by atoms with Crippen molar-refractivity contribution in [1.29, 1.82) is 0 Å². The van der Waals surface area contributed by atoms with E-state index in [1.165, 1.54) is 0 Å². The fourth-order valence-electron chi connectivity index (χ4n) is 2.63. The molecule has 1 fully saturated rings. The molecular weight excluding hydrogens is 268 g/mol. The van der Waals surface area contributed by atoms with Crippen LogP contribution in [-0.4, -0.2) is 43.2 Å². The Morgan fingerprint density at radius 2 is 2.00 bits per heavy atom. The Morgan fingerprint density at radius 1 is 1.29 bits per heavy atom. The third-order valence-corrected chi connectivity index (χ3v) is 3.88. The number of nitrogens with zero attached hydrogens (tertiary/aromatic N) is 6. The zero-order valence-corrected chi connectivity index (χ0v) is 12.1. The lowest BCUT2D eigenvalue weighted by Crippen LogP contribution is -2.36. The molecule has 7 nitrogen and oxygen atoms in total. The van der Waals surface area contributed by atoms with Crippen molar-refractivity contribution in [3.63, 3.8) is 0 Å². The first-order chi connectivity index (χ1) is 10.2. The highest BCUT2D eigenvalue weighted by atomic mass is 16.3. The molecule has 3 heterocycles. The summed E-state index contributed by atoms with van der Waals surface area (Å²) in [6.45, 7) is 4.48. The van der Waals surface area contributed by atoms with E-state index in [9.17, 15) is 5.11 Å². The molecule has 1 aliphatic heterocycles. The molecule has 2 aromatic heterocycles. The van der Waals surface area contributed by atoms with Gasteiger partial charge < -0.3 is 10.0 Å². The largest absolute Gasteiger partial charge is 0.387 e. The molecule has 1 aliphatic rings. The summed E-state index contributed by atoms with van der Waals surface area (Å²) in [7, 11) is 0. The zero-order valence-electron chi connectivity index (χ0n) is 12.1. The van der Waals surface area contributed by atoms with Gasteiger partial charge in [-0.25, -0.2) is 9.97 Å². The van der Waals surface area contributed by atoms with Crippen LogP contribution in [0.5, 0.6) is 0 Å². The fraction of sp³-hybridized carbons (Fsp3) is 0.571. The summed E-state index contributed by atoms with van der Waals surface area (Å²) in [5.41, 5.74) is 0.630. The number of rotatable bonds is 4. The highest BCUT2D eigenvalue weighted by Crippen LogP contribution is 2.21. The Morgan fingerprint density at radius 3 is 2.62 bits per heavy atom. The topological polar surface area (TPSA) is 80.0 Å². The van der Waals surface area contributed by atoms with Crippen molar-refractivity contribution in [2.75, 3.05) is 18.0 Å². The van der Waals surface area contributed by atoms with Gasteiger partial charge in [0.15, 0.2) is 0 Å². The first-order valence-electron chi connectivity index (χ1n) is 7.32. The number of aromatic nitrogens is 5. The van der Waals surface area contributed by atoms with E-state index in [-0.39, 0.29) is 0 Å². The van der Waals surface area contributed by atoms with E-state index in [1.54, 1.807) is 19.3 Å². The normalized spacial score (nSPS) is 17.9.